The maximum atomic E-state index is 13.0. The van der Waals surface area contributed by atoms with Crippen molar-refractivity contribution in [3.8, 4) is 33.8 Å². The molecule has 0 aliphatic carbocycles. The van der Waals surface area contributed by atoms with E-state index in [1.165, 1.54) is 47.8 Å². The number of methoxy groups -OCH3 is 2. The second-order valence-corrected chi connectivity index (χ2v) is 14.9. The van der Waals surface area contributed by atoms with E-state index in [0.717, 1.165) is 34.6 Å². The second kappa shape index (κ2) is 16.9. The van der Waals surface area contributed by atoms with Crippen molar-refractivity contribution >= 4 is 80.3 Å². The zero-order valence-electron chi connectivity index (χ0n) is 27.3. The van der Waals surface area contributed by atoms with Gasteiger partial charge in [-0.05, 0) is 84.7 Å². The first kappa shape index (κ1) is 39.6. The summed E-state index contributed by atoms with van der Waals surface area (Å²) in [5.74, 6) is 1.07. The van der Waals surface area contributed by atoms with Crippen LogP contribution >= 0.6 is 48.0 Å². The number of Topliss-reactive ketones (excluding diaryl/α,β-unsaturated/α-hetero) is 1. The van der Waals surface area contributed by atoms with Crippen LogP contribution in [0.2, 0.25) is 0 Å². The van der Waals surface area contributed by atoms with Crippen molar-refractivity contribution < 1.29 is 32.2 Å². The smallest absolute Gasteiger partial charge is 0.416 e. The van der Waals surface area contributed by atoms with Gasteiger partial charge in [-0.2, -0.15) is 13.2 Å². The lowest BCUT2D eigenvalue weighted by Crippen LogP contribution is -2.17. The predicted molar refractivity (Wildman–Crippen MR) is 212 cm³/mol. The third-order valence-corrected chi connectivity index (χ3v) is 10.0. The van der Waals surface area contributed by atoms with Crippen LogP contribution in [0.3, 0.4) is 0 Å². The summed E-state index contributed by atoms with van der Waals surface area (Å²) in [6, 6.07) is 22.5. The SMILES string of the molecule is C.COc1ccc(/C=C2\SC(=S)CC2=O)cc1-c1cccc(C(F)(F)F)c1.COc1ccc(/C=C2\SC(=S)NC2=O)cc1-c1cc(C)cc(C)c1. The molecule has 264 valence electrons. The first-order valence-electron chi connectivity index (χ1n) is 15.1. The highest BCUT2D eigenvalue weighted by atomic mass is 32.2. The normalized spacial score (nSPS) is 15.7. The van der Waals surface area contributed by atoms with Crippen LogP contribution in [-0.4, -0.2) is 34.4 Å². The molecule has 2 aliphatic rings. The molecule has 0 unspecified atom stereocenters. The van der Waals surface area contributed by atoms with Crippen LogP contribution in [0.15, 0.2) is 88.7 Å². The molecule has 0 atom stereocenters. The van der Waals surface area contributed by atoms with E-state index in [4.69, 9.17) is 33.9 Å². The third-order valence-electron chi connectivity index (χ3n) is 7.52. The monoisotopic (exact) mass is 765 g/mol. The van der Waals surface area contributed by atoms with Gasteiger partial charge in [0.05, 0.1) is 40.2 Å². The molecule has 51 heavy (non-hydrogen) atoms. The van der Waals surface area contributed by atoms with Gasteiger partial charge in [-0.1, -0.05) is 109 Å². The maximum Gasteiger partial charge on any atom is 0.416 e. The number of carbonyl (C=O) groups excluding carboxylic acids is 2. The number of ketones is 1. The van der Waals surface area contributed by atoms with Gasteiger partial charge in [0.2, 0.25) is 0 Å². The standard InChI is InChI=1S/C19H13F3O2S2.C19H17NO2S2.CH4/c1-24-16-6-5-11(8-17-15(23)10-18(25)26-17)7-14(16)12-3-2-4-13(9-12)19(20,21)22;1-11-6-12(2)8-14(7-11)15-9-13(4-5-16(15)22-3)10-17-18(21)20-19(23)24-17;/h2-9H,10H2,1H3;4-10H,1-3H3,(H,20,21,23);1H4/b17-8-;17-10-;. The number of allylic oxidation sites excluding steroid dienone is 1. The van der Waals surface area contributed by atoms with E-state index in [0.29, 0.717) is 40.8 Å². The number of halogens is 3. The van der Waals surface area contributed by atoms with Crippen molar-refractivity contribution in [2.45, 2.75) is 33.9 Å². The van der Waals surface area contributed by atoms with Crippen molar-refractivity contribution in [3.63, 3.8) is 0 Å². The number of hydrogen-bond donors (Lipinski definition) is 1. The Balaban J connectivity index is 0.000000225. The minimum absolute atomic E-state index is 0. The molecule has 0 aromatic heterocycles. The number of thiocarbonyl (C=S) groups is 2. The van der Waals surface area contributed by atoms with Gasteiger partial charge in [0.1, 0.15) is 15.8 Å². The Labute approximate surface area is 314 Å². The van der Waals surface area contributed by atoms with Gasteiger partial charge in [0.25, 0.3) is 5.91 Å². The Hall–Kier alpha value is -4.23. The van der Waals surface area contributed by atoms with E-state index in [2.05, 4.69) is 37.4 Å². The quantitative estimate of drug-likeness (QED) is 0.154. The van der Waals surface area contributed by atoms with E-state index in [1.807, 2.05) is 24.3 Å². The molecule has 0 saturated carbocycles. The molecular weight excluding hydrogens is 732 g/mol. The molecule has 2 saturated heterocycles. The molecule has 0 radical (unpaired) electrons. The van der Waals surface area contributed by atoms with E-state index in [-0.39, 0.29) is 25.5 Å². The number of amides is 1. The molecule has 4 aromatic carbocycles. The summed E-state index contributed by atoms with van der Waals surface area (Å²) in [7, 11) is 3.12. The summed E-state index contributed by atoms with van der Waals surface area (Å²) in [5, 5.41) is 2.63. The van der Waals surface area contributed by atoms with Crippen LogP contribution < -0.4 is 14.8 Å². The number of aryl methyl sites for hydroxylation is 2. The average Bonchev–Trinajstić information content (AvgIpc) is 3.56. The molecule has 1 amide bonds. The molecule has 4 aromatic rings. The van der Waals surface area contributed by atoms with Gasteiger partial charge in [-0.3, -0.25) is 9.59 Å². The van der Waals surface area contributed by atoms with Crippen LogP contribution in [0.5, 0.6) is 11.5 Å². The molecule has 12 heteroatoms. The molecule has 0 spiro atoms. The Morgan fingerprint density at radius 1 is 0.745 bits per heavy atom. The Kier molecular flexibility index (Phi) is 13.1. The average molecular weight is 766 g/mol. The van der Waals surface area contributed by atoms with Gasteiger partial charge < -0.3 is 14.8 Å². The van der Waals surface area contributed by atoms with Crippen LogP contribution in [0.4, 0.5) is 13.2 Å². The molecule has 2 heterocycles. The highest BCUT2D eigenvalue weighted by Crippen LogP contribution is 2.38. The first-order chi connectivity index (χ1) is 23.7. The zero-order chi connectivity index (χ0) is 36.2. The second-order valence-electron chi connectivity index (χ2n) is 11.3. The largest absolute Gasteiger partial charge is 0.496 e. The molecule has 2 fully saturated rings. The number of benzene rings is 4. The van der Waals surface area contributed by atoms with Crippen LogP contribution in [0.25, 0.3) is 34.4 Å². The lowest BCUT2D eigenvalue weighted by atomic mass is 9.98. The van der Waals surface area contributed by atoms with E-state index >= 15 is 0 Å². The molecule has 0 bridgehead atoms. The highest BCUT2D eigenvalue weighted by molar-refractivity contribution is 8.27. The minimum Gasteiger partial charge on any atom is -0.496 e. The van der Waals surface area contributed by atoms with Crippen LogP contribution in [-0.2, 0) is 15.8 Å². The summed E-state index contributed by atoms with van der Waals surface area (Å²) < 4.78 is 50.9. The van der Waals surface area contributed by atoms with E-state index < -0.39 is 11.7 Å². The molecule has 6 rings (SSSR count). The van der Waals surface area contributed by atoms with E-state index in [1.54, 1.807) is 37.5 Å². The number of nitrogens with one attached hydrogen (secondary N) is 1. The number of thioether (sulfide) groups is 2. The summed E-state index contributed by atoms with van der Waals surface area (Å²) in [5.41, 5.74) is 6.31. The number of alkyl halides is 3. The number of rotatable bonds is 6. The Morgan fingerprint density at radius 3 is 1.80 bits per heavy atom. The summed E-state index contributed by atoms with van der Waals surface area (Å²) >= 11 is 12.6. The molecular formula is C39H34F3NO4S4. The lowest BCUT2D eigenvalue weighted by molar-refractivity contribution is -0.137. The number of hydrogen-bond acceptors (Lipinski definition) is 8. The Morgan fingerprint density at radius 2 is 1.31 bits per heavy atom. The Bertz CT molecular complexity index is 2070. The van der Waals surface area contributed by atoms with Crippen molar-refractivity contribution in [1.29, 1.82) is 0 Å². The number of carbonyl (C=O) groups is 2. The van der Waals surface area contributed by atoms with Gasteiger partial charge in [0, 0.05) is 11.1 Å². The van der Waals surface area contributed by atoms with Crippen LogP contribution in [0.1, 0.15) is 41.7 Å². The van der Waals surface area contributed by atoms with Crippen molar-refractivity contribution in [2.75, 3.05) is 14.2 Å². The summed E-state index contributed by atoms with van der Waals surface area (Å²) in [6.07, 6.45) is -0.637. The van der Waals surface area contributed by atoms with Gasteiger partial charge in [0.15, 0.2) is 5.78 Å². The van der Waals surface area contributed by atoms with Crippen molar-refractivity contribution in [3.05, 3.63) is 116 Å². The van der Waals surface area contributed by atoms with E-state index in [9.17, 15) is 22.8 Å². The fraction of sp³-hybridized carbons (Fsp3) is 0.179. The van der Waals surface area contributed by atoms with Gasteiger partial charge in [-0.25, -0.2) is 0 Å². The maximum absolute atomic E-state index is 13.0. The van der Waals surface area contributed by atoms with Crippen molar-refractivity contribution in [1.82, 2.24) is 5.32 Å². The number of ether oxygens (including phenoxy) is 2. The molecule has 5 nitrogen and oxygen atoms in total. The minimum atomic E-state index is -4.43. The first-order valence-corrected chi connectivity index (χ1v) is 17.5. The lowest BCUT2D eigenvalue weighted by Gasteiger charge is -2.12. The fourth-order valence-corrected chi connectivity index (χ4v) is 7.62. The third kappa shape index (κ3) is 9.97. The zero-order valence-corrected chi connectivity index (χ0v) is 30.5. The molecule has 1 N–H and O–H groups in total. The highest BCUT2D eigenvalue weighted by Gasteiger charge is 2.31. The topological polar surface area (TPSA) is 64.6 Å². The molecule has 2 aliphatic heterocycles. The summed E-state index contributed by atoms with van der Waals surface area (Å²) in [4.78, 5) is 24.9. The summed E-state index contributed by atoms with van der Waals surface area (Å²) in [6.45, 7) is 4.16. The predicted octanol–water partition coefficient (Wildman–Crippen LogP) is 10.9. The van der Waals surface area contributed by atoms with Crippen molar-refractivity contribution in [2.24, 2.45) is 0 Å². The van der Waals surface area contributed by atoms with Gasteiger partial charge >= 0.3 is 6.18 Å². The fourth-order valence-electron chi connectivity index (χ4n) is 5.34. The van der Waals surface area contributed by atoms with Crippen LogP contribution in [0, 0.1) is 13.8 Å². The van der Waals surface area contributed by atoms with Gasteiger partial charge in [-0.15, -0.1) is 0 Å².